The van der Waals surface area contributed by atoms with Gasteiger partial charge in [0.2, 0.25) is 0 Å². The number of hydrogen-bond acceptors (Lipinski definition) is 4. The van der Waals surface area contributed by atoms with Crippen LogP contribution >= 0.6 is 0 Å². The van der Waals surface area contributed by atoms with Crippen molar-refractivity contribution >= 4 is 5.97 Å². The van der Waals surface area contributed by atoms with Gasteiger partial charge in [-0.15, -0.1) is 0 Å². The molecule has 1 heterocycles. The summed E-state index contributed by atoms with van der Waals surface area (Å²) in [4.78, 5) is 13.1. The van der Waals surface area contributed by atoms with Gasteiger partial charge in [-0.25, -0.2) is 0 Å². The maximum absolute atomic E-state index is 10.9. The molecule has 0 spiro atoms. The van der Waals surface area contributed by atoms with Crippen molar-refractivity contribution in [2.24, 2.45) is 5.73 Å². The number of carbonyl (C=O) groups is 1. The van der Waals surface area contributed by atoms with Crippen LogP contribution in [0.5, 0.6) is 0 Å². The minimum atomic E-state index is -0.140. The molecule has 1 aliphatic rings. The number of likely N-dealkylation sites (tertiary alicyclic amines) is 1. The third kappa shape index (κ3) is 3.74. The summed E-state index contributed by atoms with van der Waals surface area (Å²) < 4.78 is 4.57. The Balaban J connectivity index is 2.17. The molecule has 0 radical (unpaired) electrons. The minimum absolute atomic E-state index is 0.140. The van der Waals surface area contributed by atoms with Crippen molar-refractivity contribution in [2.75, 3.05) is 26.7 Å². The third-order valence-electron chi connectivity index (χ3n) is 2.40. The van der Waals surface area contributed by atoms with Crippen molar-refractivity contribution in [1.82, 2.24) is 4.90 Å². The number of nitrogens with zero attached hydrogens (tertiary/aromatic N) is 1. The van der Waals surface area contributed by atoms with E-state index < -0.39 is 0 Å². The SMILES string of the molecule is COC(=O)CCN1CCCC(N)C1. The predicted octanol–water partition coefficient (Wildman–Crippen LogP) is -0.0274. The predicted molar refractivity (Wildman–Crippen MR) is 50.3 cm³/mol. The smallest absolute Gasteiger partial charge is 0.306 e. The van der Waals surface area contributed by atoms with Crippen LogP contribution in [0.4, 0.5) is 0 Å². The molecule has 0 aromatic rings. The molecule has 13 heavy (non-hydrogen) atoms. The topological polar surface area (TPSA) is 55.6 Å². The van der Waals surface area contributed by atoms with Crippen LogP contribution < -0.4 is 5.73 Å². The average molecular weight is 186 g/mol. The molecule has 1 saturated heterocycles. The highest BCUT2D eigenvalue weighted by Gasteiger charge is 2.16. The zero-order chi connectivity index (χ0) is 9.68. The van der Waals surface area contributed by atoms with Crippen molar-refractivity contribution in [3.05, 3.63) is 0 Å². The lowest BCUT2D eigenvalue weighted by Gasteiger charge is -2.30. The van der Waals surface area contributed by atoms with Crippen molar-refractivity contribution < 1.29 is 9.53 Å². The van der Waals surface area contributed by atoms with Crippen LogP contribution in [0, 0.1) is 0 Å². The Hall–Kier alpha value is -0.610. The molecule has 76 valence electrons. The number of carbonyl (C=O) groups excluding carboxylic acids is 1. The van der Waals surface area contributed by atoms with Crippen molar-refractivity contribution in [3.8, 4) is 0 Å². The lowest BCUT2D eigenvalue weighted by Crippen LogP contribution is -2.43. The fraction of sp³-hybridized carbons (Fsp3) is 0.889. The minimum Gasteiger partial charge on any atom is -0.469 e. The van der Waals surface area contributed by atoms with E-state index >= 15 is 0 Å². The first kappa shape index (κ1) is 10.5. The van der Waals surface area contributed by atoms with Gasteiger partial charge in [0, 0.05) is 19.1 Å². The van der Waals surface area contributed by atoms with Gasteiger partial charge in [0.25, 0.3) is 0 Å². The molecule has 1 atom stereocenters. The summed E-state index contributed by atoms with van der Waals surface area (Å²) in [5.41, 5.74) is 5.81. The molecule has 4 heteroatoms. The van der Waals surface area contributed by atoms with Gasteiger partial charge in [0.15, 0.2) is 0 Å². The number of ether oxygens (including phenoxy) is 1. The van der Waals surface area contributed by atoms with E-state index in [1.807, 2.05) is 0 Å². The van der Waals surface area contributed by atoms with Crippen molar-refractivity contribution in [1.29, 1.82) is 0 Å². The average Bonchev–Trinajstić information content (AvgIpc) is 2.14. The van der Waals surface area contributed by atoms with Crippen LogP contribution in [0.15, 0.2) is 0 Å². The molecule has 1 unspecified atom stereocenters. The molecule has 0 saturated carbocycles. The van der Waals surface area contributed by atoms with Crippen LogP contribution in [0.2, 0.25) is 0 Å². The largest absolute Gasteiger partial charge is 0.469 e. The molecule has 4 nitrogen and oxygen atoms in total. The summed E-state index contributed by atoms with van der Waals surface area (Å²) in [6.07, 6.45) is 2.72. The van der Waals surface area contributed by atoms with E-state index in [1.54, 1.807) is 0 Å². The Kier molecular flexibility index (Phi) is 4.18. The molecule has 1 aliphatic heterocycles. The highest BCUT2D eigenvalue weighted by Crippen LogP contribution is 2.08. The monoisotopic (exact) mass is 186 g/mol. The zero-order valence-electron chi connectivity index (χ0n) is 8.16. The first-order valence-electron chi connectivity index (χ1n) is 4.77. The molecule has 0 bridgehead atoms. The Bertz CT molecular complexity index is 173. The van der Waals surface area contributed by atoms with Crippen molar-refractivity contribution in [2.45, 2.75) is 25.3 Å². The summed E-state index contributed by atoms with van der Waals surface area (Å²) in [6.45, 7) is 2.75. The van der Waals surface area contributed by atoms with E-state index in [4.69, 9.17) is 5.73 Å². The highest BCUT2D eigenvalue weighted by atomic mass is 16.5. The molecule has 0 aliphatic carbocycles. The first-order valence-corrected chi connectivity index (χ1v) is 4.77. The quantitative estimate of drug-likeness (QED) is 0.629. The summed E-state index contributed by atoms with van der Waals surface area (Å²) in [5.74, 6) is -0.140. The molecule has 1 rings (SSSR count). The molecule has 0 aromatic carbocycles. The molecule has 0 amide bonds. The van der Waals surface area contributed by atoms with E-state index in [-0.39, 0.29) is 12.0 Å². The lowest BCUT2D eigenvalue weighted by molar-refractivity contribution is -0.141. The van der Waals surface area contributed by atoms with E-state index in [9.17, 15) is 4.79 Å². The molecular formula is C9H18N2O2. The first-order chi connectivity index (χ1) is 6.22. The Labute approximate surface area is 79.0 Å². The van der Waals surface area contributed by atoms with E-state index in [1.165, 1.54) is 7.11 Å². The highest BCUT2D eigenvalue weighted by molar-refractivity contribution is 5.69. The van der Waals surface area contributed by atoms with Gasteiger partial charge in [0.1, 0.15) is 0 Å². The standard InChI is InChI=1S/C9H18N2O2/c1-13-9(12)4-6-11-5-2-3-8(10)7-11/h8H,2-7,10H2,1H3. The van der Waals surface area contributed by atoms with Gasteiger partial charge in [-0.1, -0.05) is 0 Å². The number of hydrogen-bond donors (Lipinski definition) is 1. The Morgan fingerprint density at radius 2 is 2.46 bits per heavy atom. The van der Waals surface area contributed by atoms with E-state index in [2.05, 4.69) is 9.64 Å². The van der Waals surface area contributed by atoms with Gasteiger partial charge >= 0.3 is 5.97 Å². The normalized spacial score (nSPS) is 24.3. The van der Waals surface area contributed by atoms with Crippen LogP contribution in [-0.2, 0) is 9.53 Å². The van der Waals surface area contributed by atoms with Crippen LogP contribution in [0.25, 0.3) is 0 Å². The second-order valence-corrected chi connectivity index (χ2v) is 3.53. The van der Waals surface area contributed by atoms with Gasteiger partial charge in [0.05, 0.1) is 13.5 Å². The Morgan fingerprint density at radius 1 is 1.69 bits per heavy atom. The van der Waals surface area contributed by atoms with Crippen LogP contribution in [0.3, 0.4) is 0 Å². The maximum Gasteiger partial charge on any atom is 0.306 e. The maximum atomic E-state index is 10.9. The molecule has 2 N–H and O–H groups in total. The van der Waals surface area contributed by atoms with Gasteiger partial charge < -0.3 is 15.4 Å². The molecule has 0 aromatic heterocycles. The fourth-order valence-corrected chi connectivity index (χ4v) is 1.65. The fourth-order valence-electron chi connectivity index (χ4n) is 1.65. The summed E-state index contributed by atoms with van der Waals surface area (Å²) in [7, 11) is 1.42. The van der Waals surface area contributed by atoms with Crippen LogP contribution in [-0.4, -0.2) is 43.7 Å². The summed E-state index contributed by atoms with van der Waals surface area (Å²) in [5, 5.41) is 0. The number of esters is 1. The zero-order valence-corrected chi connectivity index (χ0v) is 8.16. The number of methoxy groups -OCH3 is 1. The van der Waals surface area contributed by atoms with Gasteiger partial charge in [-0.3, -0.25) is 4.79 Å². The van der Waals surface area contributed by atoms with E-state index in [0.29, 0.717) is 6.42 Å². The molecular weight excluding hydrogens is 168 g/mol. The lowest BCUT2D eigenvalue weighted by atomic mass is 10.1. The van der Waals surface area contributed by atoms with Gasteiger partial charge in [-0.05, 0) is 19.4 Å². The number of rotatable bonds is 3. The second-order valence-electron chi connectivity index (χ2n) is 3.53. The number of piperidine rings is 1. The van der Waals surface area contributed by atoms with Gasteiger partial charge in [-0.2, -0.15) is 0 Å². The molecule has 1 fully saturated rings. The van der Waals surface area contributed by atoms with Crippen LogP contribution in [0.1, 0.15) is 19.3 Å². The van der Waals surface area contributed by atoms with E-state index in [0.717, 1.165) is 32.5 Å². The second kappa shape index (κ2) is 5.19. The Morgan fingerprint density at radius 3 is 3.08 bits per heavy atom. The summed E-state index contributed by atoms with van der Waals surface area (Å²) in [6, 6.07) is 0.284. The van der Waals surface area contributed by atoms with Crippen molar-refractivity contribution in [3.63, 3.8) is 0 Å². The third-order valence-corrected chi connectivity index (χ3v) is 2.40. The number of nitrogens with two attached hydrogens (primary N) is 1. The summed E-state index contributed by atoms with van der Waals surface area (Å²) >= 11 is 0.